The third-order valence-corrected chi connectivity index (χ3v) is 3.52. The maximum absolute atomic E-state index is 13.1. The molecular weight excluding hydrogens is 262 g/mol. The number of hydrogen-bond acceptors (Lipinski definition) is 1. The fraction of sp³-hybridized carbons (Fsp3) is 0.133. The number of urea groups is 1. The topological polar surface area (TPSA) is 41.1 Å². The van der Waals surface area contributed by atoms with Crippen LogP contribution in [0.3, 0.4) is 0 Å². The number of carbonyl (C=O) groups excluding carboxylic acids is 1. The standard InChI is InChI=1S/C15H12F2N2O/c16-12-5-1-10(2-6-12)15(9-18-14(20)19-15)11-3-7-13(17)8-4-11/h1-8H,9H2,(H2,18,19,20). The summed E-state index contributed by atoms with van der Waals surface area (Å²) in [5, 5.41) is 5.54. The van der Waals surface area contributed by atoms with Crippen molar-refractivity contribution in [2.75, 3.05) is 6.54 Å². The molecule has 2 amide bonds. The lowest BCUT2D eigenvalue weighted by Crippen LogP contribution is -2.41. The van der Waals surface area contributed by atoms with Crippen molar-refractivity contribution in [3.8, 4) is 0 Å². The molecule has 0 aromatic heterocycles. The van der Waals surface area contributed by atoms with Crippen molar-refractivity contribution in [3.63, 3.8) is 0 Å². The molecule has 2 aromatic rings. The molecule has 1 aliphatic rings. The normalized spacial score (nSPS) is 16.6. The average molecular weight is 274 g/mol. The molecule has 20 heavy (non-hydrogen) atoms. The van der Waals surface area contributed by atoms with E-state index >= 15 is 0 Å². The highest BCUT2D eigenvalue weighted by molar-refractivity contribution is 5.79. The molecule has 1 saturated heterocycles. The zero-order valence-electron chi connectivity index (χ0n) is 10.5. The highest BCUT2D eigenvalue weighted by atomic mass is 19.1. The summed E-state index contributed by atoms with van der Waals surface area (Å²) in [4.78, 5) is 11.6. The van der Waals surface area contributed by atoms with Crippen LogP contribution < -0.4 is 10.6 Å². The third-order valence-electron chi connectivity index (χ3n) is 3.52. The van der Waals surface area contributed by atoms with E-state index in [0.717, 1.165) is 11.1 Å². The molecule has 0 radical (unpaired) electrons. The van der Waals surface area contributed by atoms with Gasteiger partial charge in [-0.2, -0.15) is 0 Å². The molecule has 1 heterocycles. The largest absolute Gasteiger partial charge is 0.335 e. The number of carbonyl (C=O) groups is 1. The van der Waals surface area contributed by atoms with Crippen LogP contribution in [0.15, 0.2) is 48.5 Å². The quantitative estimate of drug-likeness (QED) is 0.868. The number of benzene rings is 2. The van der Waals surface area contributed by atoms with Crippen LogP contribution >= 0.6 is 0 Å². The lowest BCUT2D eigenvalue weighted by Gasteiger charge is -2.29. The zero-order chi connectivity index (χ0) is 14.2. The Morgan fingerprint density at radius 1 is 0.850 bits per heavy atom. The molecule has 2 aromatic carbocycles. The van der Waals surface area contributed by atoms with Gasteiger partial charge in [0.15, 0.2) is 0 Å². The minimum absolute atomic E-state index is 0.307. The second kappa shape index (κ2) is 4.59. The second-order valence-corrected chi connectivity index (χ2v) is 4.73. The maximum atomic E-state index is 13.1. The highest BCUT2D eigenvalue weighted by Gasteiger charge is 2.40. The summed E-state index contributed by atoms with van der Waals surface area (Å²) in [6, 6.07) is 11.5. The minimum Gasteiger partial charge on any atom is -0.335 e. The molecule has 3 nitrogen and oxygen atoms in total. The summed E-state index contributed by atoms with van der Waals surface area (Å²) in [6.45, 7) is 0.323. The van der Waals surface area contributed by atoms with Gasteiger partial charge in [0.2, 0.25) is 0 Å². The van der Waals surface area contributed by atoms with E-state index in [1.165, 1.54) is 24.3 Å². The van der Waals surface area contributed by atoms with Gasteiger partial charge in [0, 0.05) is 0 Å². The van der Waals surface area contributed by atoms with Crippen LogP contribution in [0, 0.1) is 11.6 Å². The summed E-state index contributed by atoms with van der Waals surface area (Å²) < 4.78 is 26.2. The molecule has 2 N–H and O–H groups in total. The van der Waals surface area contributed by atoms with Gasteiger partial charge in [0.25, 0.3) is 0 Å². The smallest absolute Gasteiger partial charge is 0.315 e. The van der Waals surface area contributed by atoms with Gasteiger partial charge in [-0.1, -0.05) is 24.3 Å². The zero-order valence-corrected chi connectivity index (χ0v) is 10.5. The van der Waals surface area contributed by atoms with Crippen molar-refractivity contribution in [3.05, 3.63) is 71.3 Å². The van der Waals surface area contributed by atoms with E-state index in [4.69, 9.17) is 0 Å². The number of nitrogens with one attached hydrogen (secondary N) is 2. The number of hydrogen-bond donors (Lipinski definition) is 2. The molecule has 1 fully saturated rings. The fourth-order valence-corrected chi connectivity index (χ4v) is 2.48. The van der Waals surface area contributed by atoms with E-state index in [1.54, 1.807) is 24.3 Å². The van der Waals surface area contributed by atoms with Crippen molar-refractivity contribution in [1.82, 2.24) is 10.6 Å². The highest BCUT2D eigenvalue weighted by Crippen LogP contribution is 2.31. The predicted octanol–water partition coefficient (Wildman–Crippen LogP) is 2.52. The van der Waals surface area contributed by atoms with Gasteiger partial charge >= 0.3 is 6.03 Å². The van der Waals surface area contributed by atoms with Crippen LogP contribution in [-0.2, 0) is 5.54 Å². The van der Waals surface area contributed by atoms with Gasteiger partial charge in [0.1, 0.15) is 17.2 Å². The van der Waals surface area contributed by atoms with E-state index in [-0.39, 0.29) is 17.7 Å². The van der Waals surface area contributed by atoms with Crippen LogP contribution in [-0.4, -0.2) is 12.6 Å². The molecule has 3 rings (SSSR count). The van der Waals surface area contributed by atoms with Gasteiger partial charge in [-0.05, 0) is 35.4 Å². The van der Waals surface area contributed by atoms with Crippen molar-refractivity contribution in [2.24, 2.45) is 0 Å². The van der Waals surface area contributed by atoms with Gasteiger partial charge in [0.05, 0.1) is 6.54 Å². The Hall–Kier alpha value is -2.43. The molecule has 0 saturated carbocycles. The van der Waals surface area contributed by atoms with E-state index in [0.29, 0.717) is 6.54 Å². The van der Waals surface area contributed by atoms with Crippen molar-refractivity contribution < 1.29 is 13.6 Å². The van der Waals surface area contributed by atoms with E-state index in [2.05, 4.69) is 10.6 Å². The molecule has 5 heteroatoms. The van der Waals surface area contributed by atoms with Crippen molar-refractivity contribution >= 4 is 6.03 Å². The first-order valence-electron chi connectivity index (χ1n) is 6.18. The molecule has 0 bridgehead atoms. The van der Waals surface area contributed by atoms with E-state index < -0.39 is 5.54 Å². The first-order valence-corrected chi connectivity index (χ1v) is 6.18. The van der Waals surface area contributed by atoms with Gasteiger partial charge < -0.3 is 10.6 Å². The van der Waals surface area contributed by atoms with Gasteiger partial charge in [-0.3, -0.25) is 0 Å². The van der Waals surface area contributed by atoms with Crippen LogP contribution in [0.2, 0.25) is 0 Å². The molecular formula is C15H12F2N2O. The number of rotatable bonds is 2. The summed E-state index contributed by atoms with van der Waals surface area (Å²) in [5.74, 6) is -0.694. The molecule has 0 aliphatic carbocycles. The van der Waals surface area contributed by atoms with Crippen LogP contribution in [0.1, 0.15) is 11.1 Å². The van der Waals surface area contributed by atoms with Crippen molar-refractivity contribution in [2.45, 2.75) is 5.54 Å². The van der Waals surface area contributed by atoms with E-state index in [9.17, 15) is 13.6 Å². The summed E-state index contributed by atoms with van der Waals surface area (Å²) in [5.41, 5.74) is 0.672. The first-order chi connectivity index (χ1) is 9.60. The summed E-state index contributed by atoms with van der Waals surface area (Å²) >= 11 is 0. The van der Waals surface area contributed by atoms with Crippen LogP contribution in [0.4, 0.5) is 13.6 Å². The third kappa shape index (κ3) is 2.01. The minimum atomic E-state index is -0.807. The molecule has 0 unspecified atom stereocenters. The molecule has 1 aliphatic heterocycles. The number of halogens is 2. The monoisotopic (exact) mass is 274 g/mol. The van der Waals surface area contributed by atoms with Gasteiger partial charge in [-0.15, -0.1) is 0 Å². The Bertz CT molecular complexity index is 592. The molecule has 102 valence electrons. The first kappa shape index (κ1) is 12.6. The van der Waals surface area contributed by atoms with Crippen LogP contribution in [0.5, 0.6) is 0 Å². The van der Waals surface area contributed by atoms with Crippen LogP contribution in [0.25, 0.3) is 0 Å². The lowest BCUT2D eigenvalue weighted by molar-refractivity contribution is 0.246. The SMILES string of the molecule is O=C1NCC(c2ccc(F)cc2)(c2ccc(F)cc2)N1. The Kier molecular flexibility index (Phi) is 2.89. The second-order valence-electron chi connectivity index (χ2n) is 4.73. The number of amides is 2. The Morgan fingerprint density at radius 2 is 1.30 bits per heavy atom. The van der Waals surface area contributed by atoms with E-state index in [1.807, 2.05) is 0 Å². The predicted molar refractivity (Wildman–Crippen MR) is 70.1 cm³/mol. The molecule has 0 spiro atoms. The Balaban J connectivity index is 2.12. The Morgan fingerprint density at radius 3 is 1.65 bits per heavy atom. The average Bonchev–Trinajstić information content (AvgIpc) is 2.84. The molecule has 0 atom stereocenters. The van der Waals surface area contributed by atoms with Crippen molar-refractivity contribution in [1.29, 1.82) is 0 Å². The fourth-order valence-electron chi connectivity index (χ4n) is 2.48. The maximum Gasteiger partial charge on any atom is 0.315 e. The summed E-state index contributed by atoms with van der Waals surface area (Å²) in [7, 11) is 0. The van der Waals surface area contributed by atoms with Gasteiger partial charge in [-0.25, -0.2) is 13.6 Å². The Labute approximate surface area is 114 Å². The summed E-state index contributed by atoms with van der Waals surface area (Å²) in [6.07, 6.45) is 0. The lowest BCUT2D eigenvalue weighted by atomic mass is 9.83.